The van der Waals surface area contributed by atoms with E-state index in [4.69, 9.17) is 0 Å². The summed E-state index contributed by atoms with van der Waals surface area (Å²) in [4.78, 5) is 13.8. The Morgan fingerprint density at radius 3 is 2.42 bits per heavy atom. The number of hydrogen-bond donors (Lipinski definition) is 2. The van der Waals surface area contributed by atoms with Gasteiger partial charge in [0.05, 0.1) is 0 Å². The van der Waals surface area contributed by atoms with E-state index in [1.54, 1.807) is 0 Å². The first-order chi connectivity index (χ1) is 9.02. The summed E-state index contributed by atoms with van der Waals surface area (Å²) in [5, 5.41) is 6.17. The van der Waals surface area contributed by atoms with Crippen molar-refractivity contribution in [2.24, 2.45) is 0 Å². The summed E-state index contributed by atoms with van der Waals surface area (Å²) in [6, 6.07) is 8.43. The smallest absolute Gasteiger partial charge is 0.221 e. The lowest BCUT2D eigenvalue weighted by Gasteiger charge is -2.14. The van der Waals surface area contributed by atoms with Gasteiger partial charge in [-0.1, -0.05) is 19.1 Å². The fourth-order valence-electron chi connectivity index (χ4n) is 1.88. The first-order valence-electron chi connectivity index (χ1n) is 6.79. The molecule has 0 aliphatic heterocycles. The van der Waals surface area contributed by atoms with Crippen LogP contribution < -0.4 is 15.5 Å². The Morgan fingerprint density at radius 2 is 1.89 bits per heavy atom. The molecule has 1 amide bonds. The molecule has 0 heterocycles. The Balaban J connectivity index is 2.37. The monoisotopic (exact) mass is 263 g/mol. The fourth-order valence-corrected chi connectivity index (χ4v) is 1.88. The van der Waals surface area contributed by atoms with E-state index in [0.717, 1.165) is 17.8 Å². The van der Waals surface area contributed by atoms with Crippen LogP contribution in [-0.4, -0.2) is 32.6 Å². The maximum absolute atomic E-state index is 11.7. The molecule has 0 aromatic heterocycles. The molecule has 4 nitrogen and oxygen atoms in total. The average molecular weight is 263 g/mol. The summed E-state index contributed by atoms with van der Waals surface area (Å²) in [7, 11) is 4.03. The van der Waals surface area contributed by atoms with Crippen molar-refractivity contribution in [1.82, 2.24) is 10.6 Å². The number of anilines is 1. The molecule has 0 aliphatic rings. The Bertz CT molecular complexity index is 387. The molecule has 4 heteroatoms. The van der Waals surface area contributed by atoms with E-state index in [9.17, 15) is 4.79 Å². The summed E-state index contributed by atoms with van der Waals surface area (Å²) in [5.74, 6) is 0.0881. The molecule has 1 atom stereocenters. The standard InChI is InChI=1S/C15H25N3O/c1-5-16-12(2)10-15(19)17-11-13-6-8-14(9-7-13)18(3)4/h6-9,12,16H,5,10-11H2,1-4H3,(H,17,19). The molecule has 0 bridgehead atoms. The van der Waals surface area contributed by atoms with E-state index < -0.39 is 0 Å². The third-order valence-electron chi connectivity index (χ3n) is 2.99. The van der Waals surface area contributed by atoms with Gasteiger partial charge in [-0.25, -0.2) is 0 Å². The Labute approximate surface area is 116 Å². The second kappa shape index (κ2) is 7.79. The molecule has 0 radical (unpaired) electrons. The van der Waals surface area contributed by atoms with Gasteiger partial charge in [-0.15, -0.1) is 0 Å². The SMILES string of the molecule is CCNC(C)CC(=O)NCc1ccc(N(C)C)cc1. The summed E-state index contributed by atoms with van der Waals surface area (Å²) < 4.78 is 0. The highest BCUT2D eigenvalue weighted by molar-refractivity contribution is 5.76. The second-order valence-corrected chi connectivity index (χ2v) is 5.00. The molecule has 1 unspecified atom stereocenters. The van der Waals surface area contributed by atoms with Gasteiger partial charge in [0.15, 0.2) is 0 Å². The highest BCUT2D eigenvalue weighted by Gasteiger charge is 2.07. The molecule has 0 spiro atoms. The molecule has 1 aromatic rings. The lowest BCUT2D eigenvalue weighted by Crippen LogP contribution is -2.33. The predicted molar refractivity (Wildman–Crippen MR) is 80.4 cm³/mol. The maximum Gasteiger partial charge on any atom is 0.221 e. The number of rotatable bonds is 7. The Morgan fingerprint density at radius 1 is 1.26 bits per heavy atom. The largest absolute Gasteiger partial charge is 0.378 e. The zero-order valence-electron chi connectivity index (χ0n) is 12.4. The van der Waals surface area contributed by atoms with Crippen LogP contribution in [0.2, 0.25) is 0 Å². The van der Waals surface area contributed by atoms with Crippen molar-refractivity contribution in [1.29, 1.82) is 0 Å². The van der Waals surface area contributed by atoms with Gasteiger partial charge >= 0.3 is 0 Å². The van der Waals surface area contributed by atoms with E-state index >= 15 is 0 Å². The molecular formula is C15H25N3O. The van der Waals surface area contributed by atoms with Crippen LogP contribution in [-0.2, 0) is 11.3 Å². The van der Waals surface area contributed by atoms with E-state index in [1.165, 1.54) is 0 Å². The minimum atomic E-state index is 0.0881. The number of benzene rings is 1. The van der Waals surface area contributed by atoms with Gasteiger partial charge in [-0.3, -0.25) is 4.79 Å². The van der Waals surface area contributed by atoms with Crippen LogP contribution in [0.3, 0.4) is 0 Å². The number of hydrogen-bond acceptors (Lipinski definition) is 3. The second-order valence-electron chi connectivity index (χ2n) is 5.00. The van der Waals surface area contributed by atoms with Crippen LogP contribution in [0.1, 0.15) is 25.8 Å². The third-order valence-corrected chi connectivity index (χ3v) is 2.99. The van der Waals surface area contributed by atoms with Crippen molar-refractivity contribution in [2.75, 3.05) is 25.5 Å². The van der Waals surface area contributed by atoms with Crippen LogP contribution in [0.4, 0.5) is 5.69 Å². The normalized spacial score (nSPS) is 12.0. The van der Waals surface area contributed by atoms with Crippen LogP contribution in [0, 0.1) is 0 Å². The lowest BCUT2D eigenvalue weighted by atomic mass is 10.2. The fraction of sp³-hybridized carbons (Fsp3) is 0.533. The summed E-state index contributed by atoms with van der Waals surface area (Å²) in [5.41, 5.74) is 2.28. The summed E-state index contributed by atoms with van der Waals surface area (Å²) in [6.45, 7) is 5.54. The molecule has 2 N–H and O–H groups in total. The highest BCUT2D eigenvalue weighted by Crippen LogP contribution is 2.11. The van der Waals surface area contributed by atoms with Crippen LogP contribution in [0.25, 0.3) is 0 Å². The number of nitrogens with one attached hydrogen (secondary N) is 2. The van der Waals surface area contributed by atoms with Crippen molar-refractivity contribution in [3.05, 3.63) is 29.8 Å². The summed E-state index contributed by atoms with van der Waals surface area (Å²) >= 11 is 0. The molecule has 0 saturated heterocycles. The maximum atomic E-state index is 11.7. The highest BCUT2D eigenvalue weighted by atomic mass is 16.1. The molecule has 0 fully saturated rings. The van der Waals surface area contributed by atoms with Gasteiger partial charge in [-0.2, -0.15) is 0 Å². The average Bonchev–Trinajstić information content (AvgIpc) is 2.37. The number of carbonyl (C=O) groups excluding carboxylic acids is 1. The summed E-state index contributed by atoms with van der Waals surface area (Å²) in [6.07, 6.45) is 0.517. The van der Waals surface area contributed by atoms with Crippen LogP contribution in [0.15, 0.2) is 24.3 Å². The van der Waals surface area contributed by atoms with Gasteiger partial charge in [0.2, 0.25) is 5.91 Å². The minimum absolute atomic E-state index is 0.0881. The Hall–Kier alpha value is -1.55. The zero-order chi connectivity index (χ0) is 14.3. The van der Waals surface area contributed by atoms with E-state index in [0.29, 0.717) is 13.0 Å². The topological polar surface area (TPSA) is 44.4 Å². The Kier molecular flexibility index (Phi) is 6.36. The lowest BCUT2D eigenvalue weighted by molar-refractivity contribution is -0.121. The zero-order valence-corrected chi connectivity index (χ0v) is 12.4. The van der Waals surface area contributed by atoms with Crippen molar-refractivity contribution in [3.8, 4) is 0 Å². The number of carbonyl (C=O) groups is 1. The molecular weight excluding hydrogens is 238 g/mol. The van der Waals surface area contributed by atoms with Gasteiger partial charge in [-0.05, 0) is 31.2 Å². The van der Waals surface area contributed by atoms with Gasteiger partial charge in [0.25, 0.3) is 0 Å². The van der Waals surface area contributed by atoms with Crippen molar-refractivity contribution in [2.45, 2.75) is 32.9 Å². The molecule has 1 aromatic carbocycles. The van der Waals surface area contributed by atoms with Crippen LogP contribution in [0.5, 0.6) is 0 Å². The molecule has 1 rings (SSSR count). The van der Waals surface area contributed by atoms with Crippen molar-refractivity contribution >= 4 is 11.6 Å². The van der Waals surface area contributed by atoms with E-state index in [2.05, 4.69) is 27.7 Å². The van der Waals surface area contributed by atoms with Crippen molar-refractivity contribution < 1.29 is 4.79 Å². The molecule has 0 aliphatic carbocycles. The van der Waals surface area contributed by atoms with Crippen molar-refractivity contribution in [3.63, 3.8) is 0 Å². The van der Waals surface area contributed by atoms with Gasteiger partial charge in [0.1, 0.15) is 0 Å². The van der Waals surface area contributed by atoms with Gasteiger partial charge < -0.3 is 15.5 Å². The molecule has 19 heavy (non-hydrogen) atoms. The first kappa shape index (κ1) is 15.5. The first-order valence-corrected chi connectivity index (χ1v) is 6.79. The third kappa shape index (κ3) is 5.75. The minimum Gasteiger partial charge on any atom is -0.378 e. The van der Waals surface area contributed by atoms with E-state index in [-0.39, 0.29) is 11.9 Å². The number of nitrogens with zero attached hydrogens (tertiary/aromatic N) is 1. The predicted octanol–water partition coefficient (Wildman–Crippen LogP) is 1.76. The molecule has 0 saturated carbocycles. The van der Waals surface area contributed by atoms with E-state index in [1.807, 2.05) is 40.1 Å². The quantitative estimate of drug-likeness (QED) is 0.788. The number of amides is 1. The van der Waals surface area contributed by atoms with Crippen LogP contribution >= 0.6 is 0 Å². The van der Waals surface area contributed by atoms with Gasteiger partial charge in [0, 0.05) is 38.8 Å². The molecule has 106 valence electrons.